The summed E-state index contributed by atoms with van der Waals surface area (Å²) in [6.45, 7) is 1.14. The van der Waals surface area contributed by atoms with Crippen LogP contribution in [0.1, 0.15) is 19.3 Å². The zero-order valence-corrected chi connectivity index (χ0v) is 9.77. The molecule has 0 bridgehead atoms. The number of carbonyl (C=O) groups is 2. The molecule has 0 saturated carbocycles. The van der Waals surface area contributed by atoms with Crippen molar-refractivity contribution in [1.82, 2.24) is 0 Å². The first kappa shape index (κ1) is 16.9. The maximum Gasteiger partial charge on any atom is 0.323 e. The Bertz CT molecular complexity index is 205. The molecular formula is C8H15Cl2NO4. The summed E-state index contributed by atoms with van der Waals surface area (Å²) in [5.74, 6) is -0.310. The van der Waals surface area contributed by atoms with Crippen molar-refractivity contribution in [3.63, 3.8) is 0 Å². The standard InChI is InChI=1S/C4H7NO2.C4H6O2.2ClH/c5-3-1-2-7-4(3)6;5-4-2-1-3-6-4;;/h3H,1-2,5H2;1-3H2;2*1H. The van der Waals surface area contributed by atoms with Gasteiger partial charge in [-0.1, -0.05) is 0 Å². The summed E-state index contributed by atoms with van der Waals surface area (Å²) in [7, 11) is 0. The molecule has 1 unspecified atom stereocenters. The number of carbonyl (C=O) groups excluding carboxylic acids is 2. The van der Waals surface area contributed by atoms with Crippen molar-refractivity contribution in [1.29, 1.82) is 0 Å². The van der Waals surface area contributed by atoms with Gasteiger partial charge in [-0.2, -0.15) is 0 Å². The van der Waals surface area contributed by atoms with Crippen LogP contribution < -0.4 is 5.73 Å². The molecular weight excluding hydrogens is 245 g/mol. The predicted octanol–water partition coefficient (Wildman–Crippen LogP) is 0.428. The summed E-state index contributed by atoms with van der Waals surface area (Å²) in [5.41, 5.74) is 5.20. The van der Waals surface area contributed by atoms with Gasteiger partial charge in [-0.05, 0) is 6.42 Å². The molecule has 2 rings (SSSR count). The lowest BCUT2D eigenvalue weighted by atomic mass is 10.3. The Hall–Kier alpha value is -0.520. The molecule has 5 nitrogen and oxygen atoms in total. The van der Waals surface area contributed by atoms with Gasteiger partial charge in [0.15, 0.2) is 0 Å². The average molecular weight is 260 g/mol. The van der Waals surface area contributed by atoms with Crippen LogP contribution in [0.3, 0.4) is 0 Å². The van der Waals surface area contributed by atoms with Gasteiger partial charge in [0.1, 0.15) is 6.04 Å². The van der Waals surface area contributed by atoms with Crippen LogP contribution in [0, 0.1) is 0 Å². The largest absolute Gasteiger partial charge is 0.466 e. The van der Waals surface area contributed by atoms with Crippen molar-refractivity contribution in [2.45, 2.75) is 25.3 Å². The molecule has 2 N–H and O–H groups in total. The summed E-state index contributed by atoms with van der Waals surface area (Å²) in [4.78, 5) is 20.2. The van der Waals surface area contributed by atoms with Crippen molar-refractivity contribution in [3.8, 4) is 0 Å². The average Bonchev–Trinajstić information content (AvgIpc) is 2.67. The minimum atomic E-state index is -0.347. The molecule has 0 spiro atoms. The van der Waals surface area contributed by atoms with Gasteiger partial charge in [-0.15, -0.1) is 24.8 Å². The highest BCUT2D eigenvalue weighted by molar-refractivity contribution is 5.85. The highest BCUT2D eigenvalue weighted by Crippen LogP contribution is 2.01. The van der Waals surface area contributed by atoms with Gasteiger partial charge in [0.2, 0.25) is 0 Å². The molecule has 2 aliphatic heterocycles. The van der Waals surface area contributed by atoms with E-state index in [9.17, 15) is 9.59 Å². The van der Waals surface area contributed by atoms with Crippen molar-refractivity contribution in [3.05, 3.63) is 0 Å². The van der Waals surface area contributed by atoms with Gasteiger partial charge in [0.25, 0.3) is 0 Å². The Morgan fingerprint density at radius 1 is 1.13 bits per heavy atom. The topological polar surface area (TPSA) is 78.6 Å². The first-order valence-corrected chi connectivity index (χ1v) is 4.28. The lowest BCUT2D eigenvalue weighted by Crippen LogP contribution is -2.24. The molecule has 0 aromatic rings. The van der Waals surface area contributed by atoms with E-state index in [1.165, 1.54) is 0 Å². The number of esters is 2. The Labute approximate surface area is 100 Å². The molecule has 0 aromatic heterocycles. The quantitative estimate of drug-likeness (QED) is 0.639. The van der Waals surface area contributed by atoms with Crippen molar-refractivity contribution >= 4 is 36.8 Å². The Morgan fingerprint density at radius 2 is 1.80 bits per heavy atom. The summed E-state index contributed by atoms with van der Waals surface area (Å²) < 4.78 is 9.02. The number of nitrogens with two attached hydrogens (primary N) is 1. The third kappa shape index (κ3) is 6.54. The second kappa shape index (κ2) is 8.76. The zero-order valence-electron chi connectivity index (χ0n) is 8.14. The number of hydrogen-bond donors (Lipinski definition) is 1. The number of hydrogen-bond acceptors (Lipinski definition) is 5. The summed E-state index contributed by atoms with van der Waals surface area (Å²) in [6, 6.07) is -0.347. The highest BCUT2D eigenvalue weighted by Gasteiger charge is 2.20. The van der Waals surface area contributed by atoms with E-state index in [0.29, 0.717) is 26.1 Å². The minimum Gasteiger partial charge on any atom is -0.466 e. The van der Waals surface area contributed by atoms with Gasteiger partial charge >= 0.3 is 11.9 Å². The van der Waals surface area contributed by atoms with E-state index in [-0.39, 0.29) is 42.8 Å². The molecule has 2 fully saturated rings. The molecule has 7 heteroatoms. The molecule has 2 aliphatic rings. The van der Waals surface area contributed by atoms with E-state index < -0.39 is 0 Å². The van der Waals surface area contributed by atoms with Crippen molar-refractivity contribution in [2.75, 3.05) is 13.2 Å². The molecule has 0 aromatic carbocycles. The van der Waals surface area contributed by atoms with Gasteiger partial charge in [-0.3, -0.25) is 9.59 Å². The highest BCUT2D eigenvalue weighted by atomic mass is 35.5. The molecule has 90 valence electrons. The third-order valence-corrected chi connectivity index (χ3v) is 1.76. The second-order valence-electron chi connectivity index (χ2n) is 2.89. The van der Waals surface area contributed by atoms with Gasteiger partial charge in [-0.25, -0.2) is 0 Å². The normalized spacial score (nSPS) is 22.6. The first-order chi connectivity index (χ1) is 6.20. The van der Waals surface area contributed by atoms with Crippen LogP contribution in [-0.4, -0.2) is 31.2 Å². The van der Waals surface area contributed by atoms with Crippen LogP contribution in [0.5, 0.6) is 0 Å². The number of cyclic esters (lactones) is 2. The van der Waals surface area contributed by atoms with Crippen molar-refractivity contribution < 1.29 is 19.1 Å². The van der Waals surface area contributed by atoms with E-state index in [1.54, 1.807) is 0 Å². The van der Waals surface area contributed by atoms with Crippen LogP contribution in [0.15, 0.2) is 0 Å². The lowest BCUT2D eigenvalue weighted by molar-refractivity contribution is -0.139. The maximum atomic E-state index is 10.2. The van der Waals surface area contributed by atoms with E-state index in [0.717, 1.165) is 6.42 Å². The van der Waals surface area contributed by atoms with E-state index in [4.69, 9.17) is 5.73 Å². The van der Waals surface area contributed by atoms with Crippen LogP contribution >= 0.6 is 24.8 Å². The predicted molar refractivity (Wildman–Crippen MR) is 58.2 cm³/mol. The third-order valence-electron chi connectivity index (χ3n) is 1.76. The smallest absolute Gasteiger partial charge is 0.323 e. The number of halogens is 2. The lowest BCUT2D eigenvalue weighted by Gasteiger charge is -1.89. The first-order valence-electron chi connectivity index (χ1n) is 4.28. The summed E-state index contributed by atoms with van der Waals surface area (Å²) >= 11 is 0. The Kier molecular flexibility index (Phi) is 9.87. The Morgan fingerprint density at radius 3 is 1.93 bits per heavy atom. The molecule has 0 radical (unpaired) electrons. The van der Waals surface area contributed by atoms with Crippen LogP contribution in [0.25, 0.3) is 0 Å². The Balaban J connectivity index is 0. The molecule has 0 amide bonds. The SMILES string of the molecule is Cl.Cl.NC1CCOC1=O.O=C1CCCO1. The van der Waals surface area contributed by atoms with Gasteiger partial charge in [0, 0.05) is 12.8 Å². The van der Waals surface area contributed by atoms with Gasteiger partial charge < -0.3 is 15.2 Å². The molecule has 1 atom stereocenters. The molecule has 2 heterocycles. The fourth-order valence-corrected chi connectivity index (χ4v) is 0.986. The molecule has 0 aliphatic carbocycles. The monoisotopic (exact) mass is 259 g/mol. The number of ether oxygens (including phenoxy) is 2. The fourth-order valence-electron chi connectivity index (χ4n) is 0.986. The van der Waals surface area contributed by atoms with Crippen LogP contribution in [-0.2, 0) is 19.1 Å². The summed E-state index contributed by atoms with van der Waals surface area (Å²) in [5, 5.41) is 0. The van der Waals surface area contributed by atoms with Crippen LogP contribution in [0.2, 0.25) is 0 Å². The second-order valence-corrected chi connectivity index (χ2v) is 2.89. The van der Waals surface area contributed by atoms with E-state index >= 15 is 0 Å². The van der Waals surface area contributed by atoms with E-state index in [1.807, 2.05) is 0 Å². The maximum absolute atomic E-state index is 10.2. The summed E-state index contributed by atoms with van der Waals surface area (Å²) in [6.07, 6.45) is 2.22. The molecule has 2 saturated heterocycles. The van der Waals surface area contributed by atoms with Crippen LogP contribution in [0.4, 0.5) is 0 Å². The van der Waals surface area contributed by atoms with Crippen molar-refractivity contribution in [2.24, 2.45) is 5.73 Å². The van der Waals surface area contributed by atoms with E-state index in [2.05, 4.69) is 9.47 Å². The number of rotatable bonds is 0. The fraction of sp³-hybridized carbons (Fsp3) is 0.750. The van der Waals surface area contributed by atoms with Gasteiger partial charge in [0.05, 0.1) is 13.2 Å². The minimum absolute atomic E-state index is 0. The molecule has 15 heavy (non-hydrogen) atoms. The zero-order chi connectivity index (χ0) is 9.68.